The highest BCUT2D eigenvalue weighted by molar-refractivity contribution is 7.89. The van der Waals surface area contributed by atoms with E-state index in [1.165, 1.54) is 24.3 Å². The van der Waals surface area contributed by atoms with Crippen LogP contribution in [0.25, 0.3) is 0 Å². The third-order valence-corrected chi connectivity index (χ3v) is 6.75. The number of benzene rings is 1. The first-order chi connectivity index (χ1) is 12.3. The SMILES string of the molecule is NS(=O)(=O)c1ccc(S(=O)(=O)NCC(c2ccco2)N2CCCC2)cc1. The van der Waals surface area contributed by atoms with Crippen LogP contribution in [0.15, 0.2) is 56.9 Å². The molecule has 1 aliphatic rings. The Labute approximate surface area is 153 Å². The molecule has 8 nitrogen and oxygen atoms in total. The van der Waals surface area contributed by atoms with E-state index in [0.29, 0.717) is 5.76 Å². The average Bonchev–Trinajstić information content (AvgIpc) is 3.28. The van der Waals surface area contributed by atoms with Crippen molar-refractivity contribution in [1.29, 1.82) is 0 Å². The molecule has 1 atom stereocenters. The molecule has 1 unspecified atom stereocenters. The molecule has 0 spiro atoms. The van der Waals surface area contributed by atoms with E-state index in [1.807, 2.05) is 6.07 Å². The minimum absolute atomic E-state index is 0.0236. The Morgan fingerprint density at radius 3 is 2.19 bits per heavy atom. The zero-order valence-electron chi connectivity index (χ0n) is 14.0. The van der Waals surface area contributed by atoms with Crippen LogP contribution in [0.5, 0.6) is 0 Å². The highest BCUT2D eigenvalue weighted by atomic mass is 32.2. The molecule has 1 aromatic carbocycles. The predicted octanol–water partition coefficient (Wildman–Crippen LogP) is 1.04. The second-order valence-electron chi connectivity index (χ2n) is 6.14. The minimum atomic E-state index is -3.87. The number of nitrogens with one attached hydrogen (secondary N) is 1. The average molecular weight is 399 g/mol. The number of hydrogen-bond acceptors (Lipinski definition) is 6. The van der Waals surface area contributed by atoms with Crippen LogP contribution in [0.3, 0.4) is 0 Å². The van der Waals surface area contributed by atoms with Gasteiger partial charge in [0, 0.05) is 6.54 Å². The van der Waals surface area contributed by atoms with Crippen LogP contribution in [0.2, 0.25) is 0 Å². The Kier molecular flexibility index (Phi) is 5.49. The third kappa shape index (κ3) is 4.33. The van der Waals surface area contributed by atoms with Crippen molar-refractivity contribution < 1.29 is 21.3 Å². The molecule has 0 radical (unpaired) electrons. The number of primary sulfonamides is 1. The molecule has 3 N–H and O–H groups in total. The van der Waals surface area contributed by atoms with Gasteiger partial charge in [-0.15, -0.1) is 0 Å². The molecule has 0 aliphatic carbocycles. The van der Waals surface area contributed by atoms with Gasteiger partial charge in [-0.1, -0.05) is 0 Å². The maximum Gasteiger partial charge on any atom is 0.240 e. The Bertz CT molecular complexity index is 932. The quantitative estimate of drug-likeness (QED) is 0.717. The van der Waals surface area contributed by atoms with Crippen molar-refractivity contribution in [2.75, 3.05) is 19.6 Å². The summed E-state index contributed by atoms with van der Waals surface area (Å²) in [5.74, 6) is 0.708. The van der Waals surface area contributed by atoms with Crippen molar-refractivity contribution in [3.05, 3.63) is 48.4 Å². The van der Waals surface area contributed by atoms with Crippen molar-refractivity contribution >= 4 is 20.0 Å². The van der Waals surface area contributed by atoms with Gasteiger partial charge in [-0.3, -0.25) is 4.90 Å². The topological polar surface area (TPSA) is 123 Å². The maximum atomic E-state index is 12.5. The zero-order valence-corrected chi connectivity index (χ0v) is 15.7. The lowest BCUT2D eigenvalue weighted by atomic mass is 10.2. The van der Waals surface area contributed by atoms with Gasteiger partial charge in [-0.05, 0) is 62.3 Å². The summed E-state index contributed by atoms with van der Waals surface area (Å²) in [6.07, 6.45) is 3.71. The van der Waals surface area contributed by atoms with Gasteiger partial charge >= 0.3 is 0 Å². The van der Waals surface area contributed by atoms with Crippen molar-refractivity contribution in [1.82, 2.24) is 9.62 Å². The van der Waals surface area contributed by atoms with Crippen molar-refractivity contribution in [2.24, 2.45) is 5.14 Å². The highest BCUT2D eigenvalue weighted by Crippen LogP contribution is 2.25. The van der Waals surface area contributed by atoms with Crippen molar-refractivity contribution in [3.63, 3.8) is 0 Å². The number of hydrogen-bond donors (Lipinski definition) is 2. The van der Waals surface area contributed by atoms with E-state index in [1.54, 1.807) is 12.3 Å². The molecular weight excluding hydrogens is 378 g/mol. The number of rotatable bonds is 7. The second-order valence-corrected chi connectivity index (χ2v) is 9.47. The van der Waals surface area contributed by atoms with Gasteiger partial charge in [0.25, 0.3) is 0 Å². The fourth-order valence-corrected chi connectivity index (χ4v) is 4.58. The number of nitrogens with zero attached hydrogens (tertiary/aromatic N) is 1. The van der Waals surface area contributed by atoms with Crippen molar-refractivity contribution in [2.45, 2.75) is 28.7 Å². The number of sulfonamides is 2. The minimum Gasteiger partial charge on any atom is -0.468 e. The van der Waals surface area contributed by atoms with E-state index >= 15 is 0 Å². The zero-order chi connectivity index (χ0) is 18.8. The summed E-state index contributed by atoms with van der Waals surface area (Å²) in [5, 5.41) is 5.03. The Balaban J connectivity index is 1.75. The van der Waals surface area contributed by atoms with Gasteiger partial charge < -0.3 is 4.42 Å². The molecular formula is C16H21N3O5S2. The van der Waals surface area contributed by atoms with E-state index in [2.05, 4.69) is 9.62 Å². The molecule has 1 aliphatic heterocycles. The van der Waals surface area contributed by atoms with Crippen LogP contribution < -0.4 is 9.86 Å². The summed E-state index contributed by atoms with van der Waals surface area (Å²) in [5.41, 5.74) is 0. The lowest BCUT2D eigenvalue weighted by Crippen LogP contribution is -2.36. The molecule has 0 amide bonds. The molecule has 1 fully saturated rings. The summed E-state index contributed by atoms with van der Waals surface area (Å²) in [6, 6.07) is 8.21. The standard InChI is InChI=1S/C16H21N3O5S2/c17-25(20,21)13-5-7-14(8-6-13)26(22,23)18-12-15(16-4-3-11-24-16)19-9-1-2-10-19/h3-8,11,15,18H,1-2,9-10,12H2,(H2,17,20,21). The monoisotopic (exact) mass is 399 g/mol. The summed E-state index contributed by atoms with van der Waals surface area (Å²) < 4.78 is 55.7. The van der Waals surface area contributed by atoms with E-state index in [-0.39, 0.29) is 22.4 Å². The molecule has 10 heteroatoms. The molecule has 1 aromatic heterocycles. The highest BCUT2D eigenvalue weighted by Gasteiger charge is 2.27. The van der Waals surface area contributed by atoms with Crippen LogP contribution in [0.4, 0.5) is 0 Å². The van der Waals surface area contributed by atoms with E-state index < -0.39 is 20.0 Å². The summed E-state index contributed by atoms with van der Waals surface area (Å²) >= 11 is 0. The number of likely N-dealkylation sites (tertiary alicyclic amines) is 1. The van der Waals surface area contributed by atoms with Gasteiger partial charge in [-0.25, -0.2) is 26.7 Å². The molecule has 3 rings (SSSR count). The number of nitrogens with two attached hydrogens (primary N) is 1. The molecule has 1 saturated heterocycles. The summed E-state index contributed by atoms with van der Waals surface area (Å²) in [4.78, 5) is 2.03. The summed E-state index contributed by atoms with van der Waals surface area (Å²) in [7, 11) is -7.66. The fraction of sp³-hybridized carbons (Fsp3) is 0.375. The first-order valence-corrected chi connectivity index (χ1v) is 11.2. The Morgan fingerprint density at radius 1 is 1.04 bits per heavy atom. The van der Waals surface area contributed by atoms with Gasteiger partial charge in [0.1, 0.15) is 5.76 Å². The van der Waals surface area contributed by atoms with E-state index in [4.69, 9.17) is 9.56 Å². The van der Waals surface area contributed by atoms with Gasteiger partial charge in [0.2, 0.25) is 20.0 Å². The molecule has 2 aromatic rings. The molecule has 0 saturated carbocycles. The number of furan rings is 1. The summed E-state index contributed by atoms with van der Waals surface area (Å²) in [6.45, 7) is 1.93. The van der Waals surface area contributed by atoms with Gasteiger partial charge in [0.15, 0.2) is 0 Å². The maximum absolute atomic E-state index is 12.5. The van der Waals surface area contributed by atoms with Crippen LogP contribution in [-0.2, 0) is 20.0 Å². The molecule has 2 heterocycles. The van der Waals surface area contributed by atoms with Crippen LogP contribution >= 0.6 is 0 Å². The molecule has 142 valence electrons. The molecule has 0 bridgehead atoms. The van der Waals surface area contributed by atoms with E-state index in [0.717, 1.165) is 25.9 Å². The van der Waals surface area contributed by atoms with E-state index in [9.17, 15) is 16.8 Å². The predicted molar refractivity (Wildman–Crippen MR) is 95.3 cm³/mol. The Morgan fingerprint density at radius 2 is 1.65 bits per heavy atom. The smallest absolute Gasteiger partial charge is 0.240 e. The first kappa shape index (κ1) is 19.1. The lowest BCUT2D eigenvalue weighted by Gasteiger charge is -2.25. The van der Waals surface area contributed by atoms with Crippen LogP contribution in [0.1, 0.15) is 24.6 Å². The van der Waals surface area contributed by atoms with Crippen LogP contribution in [-0.4, -0.2) is 41.4 Å². The fourth-order valence-electron chi connectivity index (χ4n) is 3.02. The lowest BCUT2D eigenvalue weighted by molar-refractivity contribution is 0.216. The normalized spacial score (nSPS) is 17.4. The van der Waals surface area contributed by atoms with Crippen molar-refractivity contribution in [3.8, 4) is 0 Å². The molecule has 26 heavy (non-hydrogen) atoms. The largest absolute Gasteiger partial charge is 0.468 e. The van der Waals surface area contributed by atoms with Gasteiger partial charge in [-0.2, -0.15) is 0 Å². The van der Waals surface area contributed by atoms with Gasteiger partial charge in [0.05, 0.1) is 22.1 Å². The van der Waals surface area contributed by atoms with Crippen LogP contribution in [0, 0.1) is 0 Å². The first-order valence-electron chi connectivity index (χ1n) is 8.17. The Hall–Kier alpha value is -1.72. The second kappa shape index (κ2) is 7.49. The third-order valence-electron chi connectivity index (χ3n) is 4.38.